The van der Waals surface area contributed by atoms with Crippen molar-refractivity contribution in [1.82, 2.24) is 4.98 Å². The molecule has 0 radical (unpaired) electrons. The van der Waals surface area contributed by atoms with Gasteiger partial charge in [-0.3, -0.25) is 5.41 Å². The average molecular weight is 398 g/mol. The van der Waals surface area contributed by atoms with Crippen LogP contribution < -0.4 is 11.1 Å². The monoisotopic (exact) mass is 397 g/mol. The van der Waals surface area contributed by atoms with Crippen molar-refractivity contribution in [3.8, 4) is 0 Å². The van der Waals surface area contributed by atoms with Crippen LogP contribution in [0.25, 0.3) is 0 Å². The maximum Gasteiger partial charge on any atom is 0.185 e. The number of amidine groups is 1. The van der Waals surface area contributed by atoms with Crippen LogP contribution in [0.1, 0.15) is 79.8 Å². The van der Waals surface area contributed by atoms with E-state index in [4.69, 9.17) is 16.1 Å². The molecular weight excluding hydrogens is 366 g/mol. The van der Waals surface area contributed by atoms with Gasteiger partial charge in [0.1, 0.15) is 5.82 Å². The van der Waals surface area contributed by atoms with Gasteiger partial charge >= 0.3 is 0 Å². The van der Waals surface area contributed by atoms with Crippen LogP contribution in [-0.4, -0.2) is 22.6 Å². The van der Waals surface area contributed by atoms with Crippen LogP contribution >= 0.6 is 11.3 Å². The summed E-state index contributed by atoms with van der Waals surface area (Å²) in [4.78, 5) is 10.1. The van der Waals surface area contributed by atoms with Crippen LogP contribution in [0.15, 0.2) is 4.99 Å². The lowest BCUT2D eigenvalue weighted by Gasteiger charge is -2.22. The fourth-order valence-electron chi connectivity index (χ4n) is 4.32. The van der Waals surface area contributed by atoms with Gasteiger partial charge in [0.25, 0.3) is 0 Å². The Morgan fingerprint density at radius 3 is 1.96 bits per heavy atom. The Balaban J connectivity index is 2.28. The SMILES string of the molecule is CCc1c(CC)c(CC)c2c(c1CC)C(=N)N=C2c1sc(NC(C)C)nc1N. The van der Waals surface area contributed by atoms with Gasteiger partial charge in [0, 0.05) is 17.2 Å². The molecule has 0 atom stereocenters. The van der Waals surface area contributed by atoms with Crippen molar-refractivity contribution in [1.29, 1.82) is 5.41 Å². The molecule has 0 bridgehead atoms. The second kappa shape index (κ2) is 8.03. The minimum Gasteiger partial charge on any atom is -0.382 e. The molecule has 2 heterocycles. The normalized spacial score (nSPS) is 13.2. The van der Waals surface area contributed by atoms with Crippen LogP contribution in [-0.2, 0) is 25.7 Å². The van der Waals surface area contributed by atoms with E-state index in [1.54, 1.807) is 0 Å². The lowest BCUT2D eigenvalue weighted by molar-refractivity contribution is 0.897. The van der Waals surface area contributed by atoms with E-state index in [9.17, 15) is 0 Å². The Hall–Kier alpha value is -2.21. The maximum atomic E-state index is 8.66. The molecule has 2 aromatic rings. The second-order valence-corrected chi connectivity index (χ2v) is 8.42. The minimum absolute atomic E-state index is 0.284. The van der Waals surface area contributed by atoms with Crippen molar-refractivity contribution in [2.45, 2.75) is 73.3 Å². The van der Waals surface area contributed by atoms with Gasteiger partial charge in [-0.1, -0.05) is 39.0 Å². The van der Waals surface area contributed by atoms with Gasteiger partial charge in [0.05, 0.1) is 10.6 Å². The number of aromatic nitrogens is 1. The third kappa shape index (κ3) is 3.24. The first-order chi connectivity index (χ1) is 13.4. The van der Waals surface area contributed by atoms with Crippen molar-refractivity contribution < 1.29 is 0 Å². The molecule has 6 heteroatoms. The molecule has 28 heavy (non-hydrogen) atoms. The van der Waals surface area contributed by atoms with Crippen molar-refractivity contribution in [3.63, 3.8) is 0 Å². The van der Waals surface area contributed by atoms with E-state index in [0.717, 1.165) is 52.5 Å². The number of aliphatic imine (C=N–C) groups is 1. The van der Waals surface area contributed by atoms with Crippen molar-refractivity contribution >= 4 is 33.8 Å². The van der Waals surface area contributed by atoms with Gasteiger partial charge in [0.15, 0.2) is 11.0 Å². The van der Waals surface area contributed by atoms with Crippen LogP contribution in [0.5, 0.6) is 0 Å². The number of hydrogen-bond donors (Lipinski definition) is 3. The summed E-state index contributed by atoms with van der Waals surface area (Å²) >= 11 is 1.53. The van der Waals surface area contributed by atoms with E-state index in [1.165, 1.54) is 33.6 Å². The highest BCUT2D eigenvalue weighted by Gasteiger charge is 2.32. The molecule has 4 N–H and O–H groups in total. The molecule has 1 aliphatic rings. The smallest absolute Gasteiger partial charge is 0.185 e. The predicted octanol–water partition coefficient (Wildman–Crippen LogP) is 4.97. The van der Waals surface area contributed by atoms with Gasteiger partial charge in [-0.25, -0.2) is 9.98 Å². The van der Waals surface area contributed by atoms with Crippen molar-refractivity contribution in [2.24, 2.45) is 4.99 Å². The molecule has 1 aliphatic heterocycles. The van der Waals surface area contributed by atoms with E-state index in [-0.39, 0.29) is 6.04 Å². The van der Waals surface area contributed by atoms with Crippen LogP contribution in [0, 0.1) is 5.41 Å². The summed E-state index contributed by atoms with van der Waals surface area (Å²) in [5.41, 5.74) is 14.7. The van der Waals surface area contributed by atoms with E-state index < -0.39 is 0 Å². The Labute approximate surface area is 172 Å². The second-order valence-electron chi connectivity index (χ2n) is 7.42. The van der Waals surface area contributed by atoms with Gasteiger partial charge in [0.2, 0.25) is 0 Å². The Morgan fingerprint density at radius 1 is 0.929 bits per heavy atom. The lowest BCUT2D eigenvalue weighted by atomic mass is 9.81. The predicted molar refractivity (Wildman–Crippen MR) is 122 cm³/mol. The van der Waals surface area contributed by atoms with Gasteiger partial charge < -0.3 is 11.1 Å². The molecule has 0 spiro atoms. The molecule has 0 saturated heterocycles. The van der Waals surface area contributed by atoms with Gasteiger partial charge in [-0.2, -0.15) is 0 Å². The Kier molecular flexibility index (Phi) is 5.89. The summed E-state index contributed by atoms with van der Waals surface area (Å²) in [5.74, 6) is 0.852. The van der Waals surface area contributed by atoms with Crippen molar-refractivity contribution in [2.75, 3.05) is 11.1 Å². The molecule has 0 saturated carbocycles. The molecule has 0 aliphatic carbocycles. The fraction of sp³-hybridized carbons (Fsp3) is 0.500. The first kappa shape index (κ1) is 20.5. The number of nitrogens with two attached hydrogens (primary N) is 1. The summed E-state index contributed by atoms with van der Waals surface area (Å²) < 4.78 is 0. The van der Waals surface area contributed by atoms with Crippen LogP contribution in [0.3, 0.4) is 0 Å². The summed E-state index contributed by atoms with van der Waals surface area (Å²) in [5, 5.41) is 12.8. The number of hydrogen-bond acceptors (Lipinski definition) is 5. The molecule has 1 aromatic carbocycles. The number of anilines is 2. The van der Waals surface area contributed by atoms with Crippen LogP contribution in [0.2, 0.25) is 0 Å². The van der Waals surface area contributed by atoms with E-state index in [1.807, 2.05) is 0 Å². The third-order valence-electron chi connectivity index (χ3n) is 5.34. The topological polar surface area (TPSA) is 87.2 Å². The Morgan fingerprint density at radius 2 is 1.46 bits per heavy atom. The molecule has 0 fully saturated rings. The molecule has 150 valence electrons. The lowest BCUT2D eigenvalue weighted by Crippen LogP contribution is -2.14. The molecule has 0 unspecified atom stereocenters. The number of fused-ring (bicyclic) bond motifs is 1. The standard InChI is InChI=1S/C22H31N5S/c1-7-12-13(8-2)15(10-4)17-16(14(12)9-3)18(26-20(17)23)19-21(24)27-22(28-19)25-11(5)6/h11,23H,7-10,24H2,1-6H3,(H,25,27). The first-order valence-corrected chi connectivity index (χ1v) is 11.1. The molecule has 0 amide bonds. The van der Waals surface area contributed by atoms with Gasteiger partial charge in [-0.15, -0.1) is 0 Å². The zero-order valence-electron chi connectivity index (χ0n) is 17.8. The summed E-state index contributed by atoms with van der Waals surface area (Å²) in [6, 6.07) is 0.284. The zero-order valence-corrected chi connectivity index (χ0v) is 18.6. The molecule has 3 rings (SSSR count). The summed E-state index contributed by atoms with van der Waals surface area (Å²) in [6.45, 7) is 13.0. The molecule has 5 nitrogen and oxygen atoms in total. The molecular formula is C22H31N5S. The van der Waals surface area contributed by atoms with Crippen molar-refractivity contribution in [3.05, 3.63) is 38.3 Å². The number of nitrogens with zero attached hydrogens (tertiary/aromatic N) is 2. The van der Waals surface area contributed by atoms with E-state index in [0.29, 0.717) is 11.7 Å². The minimum atomic E-state index is 0.284. The molecule has 1 aromatic heterocycles. The highest BCUT2D eigenvalue weighted by molar-refractivity contribution is 7.18. The highest BCUT2D eigenvalue weighted by atomic mass is 32.1. The number of nitrogens with one attached hydrogen (secondary N) is 2. The number of nitrogen functional groups attached to an aromatic ring is 1. The quantitative estimate of drug-likeness (QED) is 0.616. The fourth-order valence-corrected chi connectivity index (χ4v) is 5.35. The first-order valence-electron chi connectivity index (χ1n) is 10.3. The number of rotatable bonds is 7. The largest absolute Gasteiger partial charge is 0.382 e. The maximum absolute atomic E-state index is 8.66. The average Bonchev–Trinajstić information content (AvgIpc) is 3.18. The van der Waals surface area contributed by atoms with Gasteiger partial charge in [-0.05, 0) is 61.8 Å². The number of benzene rings is 1. The third-order valence-corrected chi connectivity index (χ3v) is 6.35. The number of thiazole rings is 1. The van der Waals surface area contributed by atoms with E-state index >= 15 is 0 Å². The van der Waals surface area contributed by atoms with Crippen LogP contribution in [0.4, 0.5) is 10.9 Å². The zero-order chi connectivity index (χ0) is 20.6. The Bertz CT molecular complexity index is 953. The van der Waals surface area contributed by atoms with E-state index in [2.05, 4.69) is 51.8 Å². The highest BCUT2D eigenvalue weighted by Crippen LogP contribution is 2.39. The summed E-state index contributed by atoms with van der Waals surface area (Å²) in [7, 11) is 0. The summed E-state index contributed by atoms with van der Waals surface area (Å²) in [6.07, 6.45) is 3.81.